The van der Waals surface area contributed by atoms with Crippen LogP contribution in [0, 0.1) is 47.3 Å². The summed E-state index contributed by atoms with van der Waals surface area (Å²) >= 11 is 0. The lowest BCUT2D eigenvalue weighted by Gasteiger charge is -2.52. The first-order valence-corrected chi connectivity index (χ1v) is 18.0. The highest BCUT2D eigenvalue weighted by Gasteiger charge is 2.71. The Kier molecular flexibility index (Phi) is 6.08. The molecule has 0 spiro atoms. The van der Waals surface area contributed by atoms with Crippen LogP contribution in [0.15, 0.2) is 97.7 Å². The second kappa shape index (κ2) is 10.3. The van der Waals surface area contributed by atoms with Gasteiger partial charge >= 0.3 is 0 Å². The molecule has 254 valence electrons. The first-order valence-electron chi connectivity index (χ1n) is 18.0. The topological polar surface area (TPSA) is 103 Å². The van der Waals surface area contributed by atoms with Gasteiger partial charge in [0.05, 0.1) is 27.4 Å². The molecular formula is C42H40N2O6. The maximum atomic E-state index is 12.4. The Morgan fingerprint density at radius 2 is 0.880 bits per heavy atom. The van der Waals surface area contributed by atoms with E-state index in [1.807, 2.05) is 24.3 Å². The average Bonchev–Trinajstić information content (AvgIpc) is 3.84. The summed E-state index contributed by atoms with van der Waals surface area (Å²) in [4.78, 5) is 8.50. The summed E-state index contributed by atoms with van der Waals surface area (Å²) in [5, 5.41) is 24.7. The van der Waals surface area contributed by atoms with Gasteiger partial charge in [-0.15, -0.1) is 0 Å². The van der Waals surface area contributed by atoms with Gasteiger partial charge in [-0.25, -0.2) is 0 Å². The van der Waals surface area contributed by atoms with Gasteiger partial charge in [-0.3, -0.25) is 9.97 Å². The molecule has 1 aromatic carbocycles. The van der Waals surface area contributed by atoms with Gasteiger partial charge in [-0.2, -0.15) is 0 Å². The average molecular weight is 669 g/mol. The Morgan fingerprint density at radius 1 is 0.540 bits per heavy atom. The number of benzene rings is 1. The van der Waals surface area contributed by atoms with E-state index in [4.69, 9.17) is 18.9 Å². The van der Waals surface area contributed by atoms with Crippen LogP contribution in [0.3, 0.4) is 0 Å². The molecule has 2 fully saturated rings. The largest absolute Gasteiger partial charge is 0.496 e. The maximum absolute atomic E-state index is 12.4. The monoisotopic (exact) mass is 668 g/mol. The van der Waals surface area contributed by atoms with Crippen LogP contribution >= 0.6 is 0 Å². The number of rotatable bonds is 8. The lowest BCUT2D eigenvalue weighted by atomic mass is 9.52. The minimum absolute atomic E-state index is 0.0440. The zero-order chi connectivity index (χ0) is 33.5. The van der Waals surface area contributed by atoms with Crippen LogP contribution < -0.4 is 9.47 Å². The van der Waals surface area contributed by atoms with E-state index in [0.717, 1.165) is 22.6 Å². The van der Waals surface area contributed by atoms with Crippen LogP contribution in [0.4, 0.5) is 0 Å². The van der Waals surface area contributed by atoms with E-state index in [1.54, 1.807) is 39.0 Å². The number of allylic oxidation sites excluding steroid dienone is 4. The van der Waals surface area contributed by atoms with Crippen LogP contribution in [0.5, 0.6) is 11.5 Å². The number of pyridine rings is 2. The van der Waals surface area contributed by atoms with Crippen LogP contribution in [0.25, 0.3) is 0 Å². The molecule has 10 aliphatic carbocycles. The SMILES string of the molecule is COc1c2c(c(OC)c3c1[C@@H]1C=C[C@H]3[C@@H]3[C@H]1[C@@H]1C=C[C@H]3C1(O)OCc1cccnc1)[C@@H]1C=C[C@H]2[C@@H]2[C@H]1[C@@H]1C=C[C@H]2C1(O)OCc1cccnc1. The number of aliphatic hydroxyl groups is 2. The van der Waals surface area contributed by atoms with Crippen molar-refractivity contribution in [2.24, 2.45) is 47.3 Å². The second-order valence-corrected chi connectivity index (χ2v) is 15.6. The van der Waals surface area contributed by atoms with Crippen molar-refractivity contribution >= 4 is 0 Å². The third-order valence-electron chi connectivity index (χ3n) is 13.9. The van der Waals surface area contributed by atoms with Crippen molar-refractivity contribution in [3.8, 4) is 11.5 Å². The van der Waals surface area contributed by atoms with Gasteiger partial charge < -0.3 is 29.2 Å². The van der Waals surface area contributed by atoms with Gasteiger partial charge in [-0.1, -0.05) is 60.7 Å². The number of ether oxygens (including phenoxy) is 4. The standard InChI is InChI=1S/C42H40N2O6/c1-47-39-35-23-7-9-25(33-29-13-11-27(31(23)33)41(29,45)49-19-21-5-3-15-43-17-21)37(35)40(48-2)38-26-10-8-24(36(38)39)32-28-12-14-30(34(26)32)42(28,46)50-20-22-6-4-16-44-18-22/h3-18,23-34,45-46H,19-20H2,1-2H3/t23-,24+,25+,26-,27+,28-,29-,30+,31-,32+,33+,34-,41?,42?. The number of methoxy groups -OCH3 is 2. The molecule has 8 heteroatoms. The van der Waals surface area contributed by atoms with Crippen molar-refractivity contribution in [2.45, 2.75) is 48.5 Å². The van der Waals surface area contributed by atoms with Crippen molar-refractivity contribution < 1.29 is 29.2 Å². The maximum Gasteiger partial charge on any atom is 0.179 e. The van der Waals surface area contributed by atoms with E-state index in [0.29, 0.717) is 13.2 Å². The molecule has 8 bridgehead atoms. The molecule has 3 aromatic rings. The Bertz CT molecular complexity index is 1790. The lowest BCUT2D eigenvalue weighted by Crippen LogP contribution is -2.41. The molecule has 0 saturated heterocycles. The molecule has 10 aliphatic rings. The fourth-order valence-electron chi connectivity index (χ4n) is 12.3. The quantitative estimate of drug-likeness (QED) is 0.226. The Labute approximate surface area is 291 Å². The van der Waals surface area contributed by atoms with E-state index in [9.17, 15) is 10.2 Å². The van der Waals surface area contributed by atoms with Crippen LogP contribution in [0.1, 0.15) is 57.1 Å². The lowest BCUT2D eigenvalue weighted by molar-refractivity contribution is -0.238. The van der Waals surface area contributed by atoms with E-state index in [-0.39, 0.29) is 71.0 Å². The molecule has 2 aromatic heterocycles. The first kappa shape index (κ1) is 29.6. The molecule has 14 atom stereocenters. The molecule has 13 rings (SSSR count). The molecule has 50 heavy (non-hydrogen) atoms. The summed E-state index contributed by atoms with van der Waals surface area (Å²) in [6.07, 6.45) is 25.3. The zero-order valence-electron chi connectivity index (χ0n) is 28.0. The minimum Gasteiger partial charge on any atom is -0.496 e. The van der Waals surface area contributed by atoms with Gasteiger partial charge in [0.1, 0.15) is 11.5 Å². The summed E-state index contributed by atoms with van der Waals surface area (Å²) in [6.45, 7) is 0.614. The Morgan fingerprint density at radius 3 is 1.16 bits per heavy atom. The molecule has 0 aliphatic heterocycles. The van der Waals surface area contributed by atoms with Crippen LogP contribution in [-0.4, -0.2) is 46.0 Å². The molecular weight excluding hydrogens is 628 g/mol. The summed E-state index contributed by atoms with van der Waals surface area (Å²) in [6, 6.07) is 7.78. The van der Waals surface area contributed by atoms with Crippen LogP contribution in [0.2, 0.25) is 0 Å². The summed E-state index contributed by atoms with van der Waals surface area (Å²) in [7, 11) is 3.61. The molecule has 0 radical (unpaired) electrons. The van der Waals surface area contributed by atoms with Crippen molar-refractivity contribution in [1.82, 2.24) is 9.97 Å². The van der Waals surface area contributed by atoms with Gasteiger partial charge in [0.15, 0.2) is 11.6 Å². The van der Waals surface area contributed by atoms with Crippen molar-refractivity contribution in [3.63, 3.8) is 0 Å². The van der Waals surface area contributed by atoms with Gasteiger partial charge in [-0.05, 0) is 46.9 Å². The number of hydrogen-bond donors (Lipinski definition) is 2. The number of aromatic nitrogens is 2. The van der Waals surface area contributed by atoms with Crippen LogP contribution in [-0.2, 0) is 22.7 Å². The third-order valence-corrected chi connectivity index (χ3v) is 13.9. The molecule has 2 saturated carbocycles. The van der Waals surface area contributed by atoms with Gasteiger partial charge in [0.25, 0.3) is 0 Å². The molecule has 8 nitrogen and oxygen atoms in total. The first-order chi connectivity index (χ1) is 24.5. The molecule has 0 amide bonds. The van der Waals surface area contributed by atoms with E-state index in [1.165, 1.54) is 22.3 Å². The summed E-state index contributed by atoms with van der Waals surface area (Å²) < 4.78 is 26.0. The van der Waals surface area contributed by atoms with E-state index >= 15 is 0 Å². The fourth-order valence-corrected chi connectivity index (χ4v) is 12.3. The van der Waals surface area contributed by atoms with Crippen molar-refractivity contribution in [1.29, 1.82) is 0 Å². The summed E-state index contributed by atoms with van der Waals surface area (Å²) in [5.74, 6) is -0.408. The fraction of sp³-hybridized carbons (Fsp3) is 0.429. The number of hydrogen-bond acceptors (Lipinski definition) is 8. The molecule has 2 heterocycles. The van der Waals surface area contributed by atoms with Gasteiger partial charge in [0.2, 0.25) is 0 Å². The van der Waals surface area contributed by atoms with E-state index in [2.05, 4.69) is 58.6 Å². The van der Waals surface area contributed by atoms with Crippen molar-refractivity contribution in [3.05, 3.63) is 131 Å². The Balaban J connectivity index is 0.998. The van der Waals surface area contributed by atoms with Gasteiger partial charge in [0, 0.05) is 94.4 Å². The van der Waals surface area contributed by atoms with Crippen molar-refractivity contribution in [2.75, 3.05) is 14.2 Å². The predicted molar refractivity (Wildman–Crippen MR) is 183 cm³/mol. The smallest absolute Gasteiger partial charge is 0.179 e. The predicted octanol–water partition coefficient (Wildman–Crippen LogP) is 5.90. The number of fused-ring (bicyclic) bond motifs is 4. The van der Waals surface area contributed by atoms with E-state index < -0.39 is 11.6 Å². The highest BCUT2D eigenvalue weighted by atomic mass is 16.6. The zero-order valence-corrected chi connectivity index (χ0v) is 28.0. The third kappa shape index (κ3) is 3.51. The molecule has 2 unspecified atom stereocenters. The highest BCUT2D eigenvalue weighted by molar-refractivity contribution is 5.71. The highest BCUT2D eigenvalue weighted by Crippen LogP contribution is 2.75. The number of nitrogens with zero attached hydrogens (tertiary/aromatic N) is 2. The second-order valence-electron chi connectivity index (χ2n) is 15.6. The molecule has 2 N–H and O–H groups in total. The Hall–Kier alpha value is -4.08. The minimum atomic E-state index is -1.29. The normalized spacial score (nSPS) is 42.2. The summed E-state index contributed by atoms with van der Waals surface area (Å²) in [5.41, 5.74) is 6.70.